The van der Waals surface area contributed by atoms with Gasteiger partial charge in [0.2, 0.25) is 5.91 Å². The van der Waals surface area contributed by atoms with E-state index in [2.05, 4.69) is 0 Å². The van der Waals surface area contributed by atoms with E-state index in [1.54, 1.807) is 24.3 Å². The van der Waals surface area contributed by atoms with Gasteiger partial charge in [-0.25, -0.2) is 4.90 Å². The van der Waals surface area contributed by atoms with Crippen molar-refractivity contribution in [1.82, 2.24) is 4.90 Å². The van der Waals surface area contributed by atoms with Gasteiger partial charge in [-0.1, -0.05) is 24.3 Å². The number of rotatable bonds is 3. The monoisotopic (exact) mass is 222 g/mol. The first-order chi connectivity index (χ1) is 7.61. The van der Waals surface area contributed by atoms with Crippen LogP contribution in [0, 0.1) is 0 Å². The number of fused-ring (bicyclic) bond motifs is 1. The summed E-state index contributed by atoms with van der Waals surface area (Å²) in [6.07, 6.45) is -1.63. The van der Waals surface area contributed by atoms with Crippen molar-refractivity contribution in [2.24, 2.45) is 5.73 Å². The fraction of sp³-hybridized carbons (Fsp3) is 0.364. The third-order valence-corrected chi connectivity index (χ3v) is 2.80. The molecule has 86 valence electrons. The molecule has 5 nitrogen and oxygen atoms in total. The van der Waals surface area contributed by atoms with Crippen molar-refractivity contribution in [3.8, 4) is 0 Å². The van der Waals surface area contributed by atoms with E-state index in [4.69, 9.17) is 5.73 Å². The minimum atomic E-state index is -0.870. The van der Waals surface area contributed by atoms with Gasteiger partial charge < -0.3 is 15.9 Å². The van der Waals surface area contributed by atoms with Crippen LogP contribution in [0.4, 0.5) is 0 Å². The lowest BCUT2D eigenvalue weighted by Gasteiger charge is -2.23. The highest BCUT2D eigenvalue weighted by Crippen LogP contribution is 2.38. The zero-order chi connectivity index (χ0) is 11.7. The van der Waals surface area contributed by atoms with Crippen molar-refractivity contribution in [2.45, 2.75) is 18.9 Å². The largest absolute Gasteiger partial charge is 0.374 e. The van der Waals surface area contributed by atoms with Crippen LogP contribution >= 0.6 is 0 Å². The lowest BCUT2D eigenvalue weighted by molar-refractivity contribution is -0.121. The second-order valence-electron chi connectivity index (χ2n) is 3.83. The minimum Gasteiger partial charge on any atom is -0.374 e. The molecule has 4 N–H and O–H groups in total. The lowest BCUT2D eigenvalue weighted by Crippen LogP contribution is -2.30. The van der Waals surface area contributed by atoms with Gasteiger partial charge in [-0.05, 0) is 0 Å². The van der Waals surface area contributed by atoms with E-state index in [1.807, 2.05) is 0 Å². The van der Waals surface area contributed by atoms with Crippen LogP contribution in [0.1, 0.15) is 30.0 Å². The number of aliphatic hydroxyl groups excluding tert-OH is 2. The Morgan fingerprint density at radius 1 is 1.25 bits per heavy atom. The van der Waals surface area contributed by atoms with Gasteiger partial charge in [-0.15, -0.1) is 0 Å². The summed E-state index contributed by atoms with van der Waals surface area (Å²) in [4.78, 5) is 12.1. The summed E-state index contributed by atoms with van der Waals surface area (Å²) in [6, 6.07) is 7.11. The molecule has 1 amide bonds. The first kappa shape index (κ1) is 11.1. The van der Waals surface area contributed by atoms with Crippen LogP contribution in [0.3, 0.4) is 0 Å². The summed E-state index contributed by atoms with van der Waals surface area (Å²) in [5.74, 6) is -0.449. The third kappa shape index (κ3) is 1.80. The summed E-state index contributed by atoms with van der Waals surface area (Å²) < 4.78 is 0. The standard InChI is InChI=1S/C11H14N2O3/c12-9(14)5-6-13-10(15)7-3-1-2-4-8(7)11(13)16/h1-4,10-11,15-16H,5-6H2,(H2,12,14). The summed E-state index contributed by atoms with van der Waals surface area (Å²) in [7, 11) is 0. The molecule has 16 heavy (non-hydrogen) atoms. The molecule has 1 heterocycles. The summed E-state index contributed by atoms with van der Waals surface area (Å²) in [5, 5.41) is 19.9. The highest BCUT2D eigenvalue weighted by molar-refractivity contribution is 5.73. The number of aliphatic hydroxyl groups is 2. The molecule has 2 atom stereocenters. The Morgan fingerprint density at radius 2 is 1.75 bits per heavy atom. The van der Waals surface area contributed by atoms with E-state index in [0.29, 0.717) is 11.1 Å². The number of nitrogens with zero attached hydrogens (tertiary/aromatic N) is 1. The third-order valence-electron chi connectivity index (χ3n) is 2.80. The van der Waals surface area contributed by atoms with E-state index in [1.165, 1.54) is 4.90 Å². The van der Waals surface area contributed by atoms with Crippen molar-refractivity contribution in [1.29, 1.82) is 0 Å². The topological polar surface area (TPSA) is 86.8 Å². The molecule has 1 aromatic carbocycles. The van der Waals surface area contributed by atoms with Crippen molar-refractivity contribution in [3.05, 3.63) is 35.4 Å². The Kier molecular flexibility index (Phi) is 2.91. The number of hydrogen-bond acceptors (Lipinski definition) is 4. The Balaban J connectivity index is 2.18. The molecule has 1 aliphatic rings. The SMILES string of the molecule is NC(=O)CCN1C(O)c2ccccc2C1O. The van der Waals surface area contributed by atoms with Gasteiger partial charge in [0.1, 0.15) is 12.5 Å². The number of hydrogen-bond donors (Lipinski definition) is 3. The van der Waals surface area contributed by atoms with Crippen LogP contribution in [0.25, 0.3) is 0 Å². The van der Waals surface area contributed by atoms with Crippen LogP contribution < -0.4 is 5.73 Å². The average Bonchev–Trinajstić information content (AvgIpc) is 2.50. The molecule has 2 rings (SSSR count). The van der Waals surface area contributed by atoms with Crippen molar-refractivity contribution in [3.63, 3.8) is 0 Å². The summed E-state index contributed by atoms with van der Waals surface area (Å²) in [6.45, 7) is 0.242. The van der Waals surface area contributed by atoms with E-state index in [9.17, 15) is 15.0 Å². The van der Waals surface area contributed by atoms with Crippen LogP contribution in [0.5, 0.6) is 0 Å². The van der Waals surface area contributed by atoms with Gasteiger partial charge in [0, 0.05) is 24.1 Å². The molecule has 5 heteroatoms. The van der Waals surface area contributed by atoms with Gasteiger partial charge in [0.15, 0.2) is 0 Å². The Bertz CT molecular complexity index is 379. The number of amides is 1. The van der Waals surface area contributed by atoms with Crippen molar-refractivity contribution < 1.29 is 15.0 Å². The highest BCUT2D eigenvalue weighted by Gasteiger charge is 2.35. The van der Waals surface area contributed by atoms with Gasteiger partial charge in [0.05, 0.1) is 0 Å². The Morgan fingerprint density at radius 3 is 2.19 bits per heavy atom. The normalized spacial score (nSPS) is 24.4. The molecule has 1 aliphatic heterocycles. The maximum Gasteiger partial charge on any atom is 0.218 e. The van der Waals surface area contributed by atoms with E-state index in [0.717, 1.165) is 0 Å². The van der Waals surface area contributed by atoms with Crippen LogP contribution in [-0.2, 0) is 4.79 Å². The van der Waals surface area contributed by atoms with Gasteiger partial charge in [-0.3, -0.25) is 4.79 Å². The molecule has 0 spiro atoms. The van der Waals surface area contributed by atoms with Crippen LogP contribution in [0.15, 0.2) is 24.3 Å². The quantitative estimate of drug-likeness (QED) is 0.664. The molecule has 0 radical (unpaired) electrons. The summed E-state index contributed by atoms with van der Waals surface area (Å²) in [5.41, 5.74) is 6.40. The van der Waals surface area contributed by atoms with Gasteiger partial charge in [-0.2, -0.15) is 0 Å². The number of carbonyl (C=O) groups excluding carboxylic acids is 1. The number of benzene rings is 1. The molecule has 0 saturated carbocycles. The fourth-order valence-electron chi connectivity index (χ4n) is 1.96. The second-order valence-corrected chi connectivity index (χ2v) is 3.83. The second kappa shape index (κ2) is 4.21. The Hall–Kier alpha value is -1.43. The van der Waals surface area contributed by atoms with Crippen molar-refractivity contribution in [2.75, 3.05) is 6.54 Å². The molecule has 0 aliphatic carbocycles. The number of nitrogens with two attached hydrogens (primary N) is 1. The molecule has 0 fully saturated rings. The predicted molar refractivity (Wildman–Crippen MR) is 56.9 cm³/mol. The molecule has 1 aromatic rings. The smallest absolute Gasteiger partial charge is 0.218 e. The number of primary amides is 1. The molecule has 0 bridgehead atoms. The van der Waals surface area contributed by atoms with Gasteiger partial charge >= 0.3 is 0 Å². The molecule has 0 aromatic heterocycles. The molecule has 2 unspecified atom stereocenters. The van der Waals surface area contributed by atoms with E-state index in [-0.39, 0.29) is 13.0 Å². The minimum absolute atomic E-state index is 0.113. The molecular weight excluding hydrogens is 208 g/mol. The van der Waals surface area contributed by atoms with Crippen LogP contribution in [0.2, 0.25) is 0 Å². The summed E-state index contributed by atoms with van der Waals surface area (Å²) >= 11 is 0. The maximum atomic E-state index is 10.7. The zero-order valence-electron chi connectivity index (χ0n) is 8.71. The fourth-order valence-corrected chi connectivity index (χ4v) is 1.96. The van der Waals surface area contributed by atoms with Crippen molar-refractivity contribution >= 4 is 5.91 Å². The van der Waals surface area contributed by atoms with Crippen LogP contribution in [-0.4, -0.2) is 27.6 Å². The predicted octanol–water partition coefficient (Wildman–Crippen LogP) is -0.141. The Labute approximate surface area is 93.1 Å². The number of carbonyl (C=O) groups is 1. The molecule has 0 saturated heterocycles. The van der Waals surface area contributed by atoms with E-state index < -0.39 is 18.4 Å². The molecular formula is C11H14N2O3. The highest BCUT2D eigenvalue weighted by atomic mass is 16.3. The average molecular weight is 222 g/mol. The lowest BCUT2D eigenvalue weighted by atomic mass is 10.1. The zero-order valence-corrected chi connectivity index (χ0v) is 8.71. The maximum absolute atomic E-state index is 10.7. The van der Waals surface area contributed by atoms with Gasteiger partial charge in [0.25, 0.3) is 0 Å². The first-order valence-corrected chi connectivity index (χ1v) is 5.10. The first-order valence-electron chi connectivity index (χ1n) is 5.10. The van der Waals surface area contributed by atoms with E-state index >= 15 is 0 Å².